The molecule has 3 rings (SSSR count). The average molecular weight is 821 g/mol. The number of sulfonamides is 1. The summed E-state index contributed by atoms with van der Waals surface area (Å²) in [7, 11) is -3.94. The molecule has 310 valence electrons. The number of primary sulfonamides is 1. The number of benzene rings is 1. The van der Waals surface area contributed by atoms with Gasteiger partial charge in [0.25, 0.3) is 0 Å². The molecule has 0 aliphatic carbocycles. The van der Waals surface area contributed by atoms with Gasteiger partial charge in [0.15, 0.2) is 0 Å². The number of nitrogens with zero attached hydrogens (tertiary/aromatic N) is 6. The first-order valence-corrected chi connectivity index (χ1v) is 18.8. The summed E-state index contributed by atoms with van der Waals surface area (Å²) < 4.78 is 26.4. The van der Waals surface area contributed by atoms with E-state index in [1.807, 2.05) is 4.90 Å². The Morgan fingerprint density at radius 3 is 1.58 bits per heavy atom. The van der Waals surface area contributed by atoms with Gasteiger partial charge in [0.1, 0.15) is 37.8 Å². The molecule has 0 radical (unpaired) electrons. The summed E-state index contributed by atoms with van der Waals surface area (Å²) in [5.74, 6) is -7.30. The number of rotatable bonds is 26. The summed E-state index contributed by atoms with van der Waals surface area (Å²) in [6.45, 7) is -2.16. The molecule has 8 N–H and O–H groups in total. The second kappa shape index (κ2) is 20.6. The predicted octanol–water partition coefficient (Wildman–Crippen LogP) is -0.581. The van der Waals surface area contributed by atoms with Crippen molar-refractivity contribution in [2.45, 2.75) is 81.6 Å². The van der Waals surface area contributed by atoms with Crippen molar-refractivity contribution in [3.8, 4) is 0 Å². The quantitative estimate of drug-likeness (QED) is 0.0532. The third kappa shape index (κ3) is 15.5. The lowest BCUT2D eigenvalue weighted by Crippen LogP contribution is -2.50. The van der Waals surface area contributed by atoms with Gasteiger partial charge in [-0.05, 0) is 43.4 Å². The van der Waals surface area contributed by atoms with Crippen LogP contribution in [-0.4, -0.2) is 130 Å². The van der Waals surface area contributed by atoms with Crippen LogP contribution in [0.3, 0.4) is 0 Å². The van der Waals surface area contributed by atoms with Gasteiger partial charge in [-0.15, -0.1) is 0 Å². The topological polar surface area (TPSA) is 335 Å². The molecule has 0 aliphatic rings. The molecule has 0 bridgehead atoms. The third-order valence-corrected chi connectivity index (χ3v) is 9.71. The van der Waals surface area contributed by atoms with E-state index in [1.54, 1.807) is 12.1 Å². The minimum Gasteiger partial charge on any atom is -0.481 e. The molecule has 2 aromatic heterocycles. The van der Waals surface area contributed by atoms with Gasteiger partial charge in [-0.25, -0.2) is 23.5 Å². The number of amides is 2. The lowest BCUT2D eigenvalue weighted by molar-refractivity contribution is -0.149. The van der Waals surface area contributed by atoms with Crippen molar-refractivity contribution < 1.29 is 67.5 Å². The fourth-order valence-corrected chi connectivity index (χ4v) is 6.43. The molecule has 0 saturated carbocycles. The van der Waals surface area contributed by atoms with Crippen molar-refractivity contribution in [1.29, 1.82) is 0 Å². The van der Waals surface area contributed by atoms with Gasteiger partial charge < -0.3 is 44.9 Å². The van der Waals surface area contributed by atoms with Gasteiger partial charge in [-0.3, -0.25) is 38.5 Å². The summed E-state index contributed by atoms with van der Waals surface area (Å²) >= 11 is 0. The Balaban J connectivity index is 1.89. The van der Waals surface area contributed by atoms with Crippen LogP contribution in [0.2, 0.25) is 0 Å². The van der Waals surface area contributed by atoms with E-state index in [1.165, 1.54) is 46.1 Å². The molecule has 0 aliphatic heterocycles. The first kappa shape index (κ1) is 45.2. The number of carbonyl (C=O) groups is 7. The second-order valence-corrected chi connectivity index (χ2v) is 14.7. The molecule has 23 heteroatoms. The molecule has 0 spiro atoms. The molecule has 2 heterocycles. The van der Waals surface area contributed by atoms with Crippen molar-refractivity contribution in [2.24, 2.45) is 5.14 Å². The van der Waals surface area contributed by atoms with E-state index in [9.17, 15) is 67.5 Å². The Labute approximate surface area is 325 Å². The average Bonchev–Trinajstić information content (AvgIpc) is 3.74. The number of imidazole rings is 2. The van der Waals surface area contributed by atoms with Gasteiger partial charge in [-0.2, -0.15) is 0 Å². The molecule has 22 nitrogen and oxygen atoms in total. The van der Waals surface area contributed by atoms with Gasteiger partial charge >= 0.3 is 29.8 Å². The first-order chi connectivity index (χ1) is 26.7. The van der Waals surface area contributed by atoms with Crippen molar-refractivity contribution in [3.05, 3.63) is 66.3 Å². The lowest BCUT2D eigenvalue weighted by atomic mass is 9.83. The summed E-state index contributed by atoms with van der Waals surface area (Å²) in [4.78, 5) is 94.6. The number of aromatic nitrogens is 4. The third-order valence-electron chi connectivity index (χ3n) is 8.78. The van der Waals surface area contributed by atoms with Crippen molar-refractivity contribution >= 4 is 51.7 Å². The van der Waals surface area contributed by atoms with Gasteiger partial charge in [-0.1, -0.05) is 12.1 Å². The number of carboxylic acids is 5. The number of carbonyl (C=O) groups excluding carboxylic acids is 2. The Morgan fingerprint density at radius 1 is 0.702 bits per heavy atom. The first-order valence-electron chi connectivity index (χ1n) is 17.3. The Hall–Kier alpha value is -6.20. The molecule has 1 aromatic carbocycles. The fourth-order valence-electron chi connectivity index (χ4n) is 5.91. The van der Waals surface area contributed by atoms with Crippen LogP contribution in [0.5, 0.6) is 0 Å². The number of hydrogen-bond donors (Lipinski definition) is 7. The largest absolute Gasteiger partial charge is 0.481 e. The maximum atomic E-state index is 13.5. The SMILES string of the molecule is NS(=O)(=O)c1ccc(CCN(Cc2nccn2CC(=O)NC(CCC(=O)O)(CCC(=O)O)CCC(=O)O)Cc2nccn2CC(=O)N(CC(=O)O)CC(=O)O)cc1. The zero-order valence-corrected chi connectivity index (χ0v) is 31.4. The molecular weight excluding hydrogens is 776 g/mol. The number of hydrogen-bond acceptors (Lipinski definition) is 12. The molecule has 3 aromatic rings. The van der Waals surface area contributed by atoms with Crippen molar-refractivity contribution in [1.82, 2.24) is 34.2 Å². The number of aliphatic carboxylic acids is 5. The van der Waals surface area contributed by atoms with Crippen LogP contribution in [0.1, 0.15) is 55.7 Å². The second-order valence-electron chi connectivity index (χ2n) is 13.1. The summed E-state index contributed by atoms with van der Waals surface area (Å²) in [6.07, 6.45) is 4.02. The minimum absolute atomic E-state index is 0.0368. The molecular formula is C34H44N8O14S. The van der Waals surface area contributed by atoms with Crippen molar-refractivity contribution in [2.75, 3.05) is 19.6 Å². The van der Waals surface area contributed by atoms with Crippen LogP contribution in [0.25, 0.3) is 0 Å². The van der Waals surface area contributed by atoms with Crippen LogP contribution in [0.4, 0.5) is 0 Å². The maximum absolute atomic E-state index is 13.5. The van der Waals surface area contributed by atoms with Gasteiger partial charge in [0.05, 0.1) is 18.0 Å². The molecule has 57 heavy (non-hydrogen) atoms. The molecule has 0 fully saturated rings. The molecule has 2 amide bonds. The predicted molar refractivity (Wildman–Crippen MR) is 193 cm³/mol. The van der Waals surface area contributed by atoms with Crippen LogP contribution < -0.4 is 10.5 Å². The molecule has 0 atom stereocenters. The molecule has 0 unspecified atom stereocenters. The molecule has 0 saturated heterocycles. The Morgan fingerprint density at radius 2 is 1.16 bits per heavy atom. The Kier molecular flexibility index (Phi) is 16.4. The van der Waals surface area contributed by atoms with E-state index >= 15 is 0 Å². The highest BCUT2D eigenvalue weighted by Gasteiger charge is 2.34. The van der Waals surface area contributed by atoms with Gasteiger partial charge in [0, 0.05) is 56.1 Å². The number of nitrogens with one attached hydrogen (secondary N) is 1. The highest BCUT2D eigenvalue weighted by molar-refractivity contribution is 7.89. The highest BCUT2D eigenvalue weighted by Crippen LogP contribution is 2.26. The van der Waals surface area contributed by atoms with Crippen LogP contribution in [-0.2, 0) is 76.2 Å². The van der Waals surface area contributed by atoms with E-state index in [0.29, 0.717) is 28.5 Å². The fraction of sp³-hybridized carbons (Fsp3) is 0.441. The number of carboxylic acid groups (broad SMARTS) is 5. The number of nitrogens with two attached hydrogens (primary N) is 1. The van der Waals surface area contributed by atoms with E-state index in [0.717, 1.165) is 0 Å². The minimum atomic E-state index is -3.94. The smallest absolute Gasteiger partial charge is 0.323 e. The summed E-state index contributed by atoms with van der Waals surface area (Å²) in [6, 6.07) is 5.85. The Bertz CT molecular complexity index is 1970. The lowest BCUT2D eigenvalue weighted by Gasteiger charge is -2.34. The summed E-state index contributed by atoms with van der Waals surface area (Å²) in [5.41, 5.74) is -0.747. The maximum Gasteiger partial charge on any atom is 0.323 e. The van der Waals surface area contributed by atoms with E-state index in [2.05, 4.69) is 15.3 Å². The standard InChI is InChI=1S/C34H44N8O14S/c35-57(55,56)24-3-1-23(2-4-24)8-14-39(18-26-37-13-16-41(26)20-28(44)42(21-32(51)52)22-33(53)54)17-25-36-12-15-40(25)19-27(43)38-34(9-5-29(45)46,10-6-30(47)48)11-7-31(49)50/h1-4,12-13,15-16H,5-11,14,17-22H2,(H,38,43)(H,45,46)(H,47,48)(H,49,50)(H,51,52)(H,53,54)(H2,35,55,56). The van der Waals surface area contributed by atoms with Crippen LogP contribution >= 0.6 is 0 Å². The van der Waals surface area contributed by atoms with Crippen LogP contribution in [0, 0.1) is 0 Å². The van der Waals surface area contributed by atoms with E-state index < -0.39 is 96.1 Å². The van der Waals surface area contributed by atoms with E-state index in [4.69, 9.17) is 5.14 Å². The highest BCUT2D eigenvalue weighted by atomic mass is 32.2. The van der Waals surface area contributed by atoms with Crippen LogP contribution in [0.15, 0.2) is 53.9 Å². The zero-order valence-electron chi connectivity index (χ0n) is 30.6. The summed E-state index contributed by atoms with van der Waals surface area (Å²) in [5, 5.41) is 54.3. The van der Waals surface area contributed by atoms with E-state index in [-0.39, 0.29) is 50.3 Å². The van der Waals surface area contributed by atoms with Gasteiger partial charge in [0.2, 0.25) is 21.8 Å². The zero-order chi connectivity index (χ0) is 42.3. The van der Waals surface area contributed by atoms with Crippen molar-refractivity contribution in [3.63, 3.8) is 0 Å². The monoisotopic (exact) mass is 820 g/mol. The normalized spacial score (nSPS) is 11.6.